The molecular weight excluding hydrogens is 244 g/mol. The Morgan fingerprint density at radius 1 is 1.17 bits per heavy atom. The highest BCUT2D eigenvalue weighted by Gasteiger charge is 2.43. The van der Waals surface area contributed by atoms with Crippen LogP contribution in [0.1, 0.15) is 26.2 Å². The number of hydrogen-bond donors (Lipinski definition) is 4. The summed E-state index contributed by atoms with van der Waals surface area (Å²) in [6.07, 6.45) is -5.35. The van der Waals surface area contributed by atoms with Gasteiger partial charge in [0.15, 0.2) is 6.29 Å². The van der Waals surface area contributed by atoms with E-state index in [0.717, 1.165) is 6.42 Å². The van der Waals surface area contributed by atoms with Crippen molar-refractivity contribution in [3.63, 3.8) is 0 Å². The molecule has 1 saturated heterocycles. The van der Waals surface area contributed by atoms with E-state index < -0.39 is 36.7 Å². The molecule has 0 spiro atoms. The minimum absolute atomic E-state index is 0.271. The van der Waals surface area contributed by atoms with E-state index in [-0.39, 0.29) is 13.0 Å². The lowest BCUT2D eigenvalue weighted by Crippen LogP contribution is -2.58. The van der Waals surface area contributed by atoms with Gasteiger partial charge in [-0.1, -0.05) is 13.3 Å². The molecule has 5 atom stereocenters. The SMILES string of the molecule is CCCCC(=O)OCC1OC(O)C(O)C(O)C1O. The van der Waals surface area contributed by atoms with Crippen LogP contribution in [0.2, 0.25) is 0 Å². The molecule has 7 nitrogen and oxygen atoms in total. The molecule has 18 heavy (non-hydrogen) atoms. The maximum atomic E-state index is 11.2. The van der Waals surface area contributed by atoms with Crippen LogP contribution in [-0.2, 0) is 14.3 Å². The number of ether oxygens (including phenoxy) is 2. The normalized spacial score (nSPS) is 36.4. The van der Waals surface area contributed by atoms with Gasteiger partial charge < -0.3 is 29.9 Å². The quantitative estimate of drug-likeness (QED) is 0.447. The average Bonchev–Trinajstić information content (AvgIpc) is 2.36. The summed E-state index contributed by atoms with van der Waals surface area (Å²) in [5, 5.41) is 37.5. The lowest BCUT2D eigenvalue weighted by atomic mass is 9.99. The van der Waals surface area contributed by atoms with Crippen LogP contribution in [0.5, 0.6) is 0 Å². The van der Waals surface area contributed by atoms with E-state index in [0.29, 0.717) is 6.42 Å². The molecule has 0 aromatic carbocycles. The van der Waals surface area contributed by atoms with Crippen LogP contribution in [0.15, 0.2) is 0 Å². The Bertz CT molecular complexity index is 270. The molecule has 106 valence electrons. The Kier molecular flexibility index (Phi) is 5.97. The van der Waals surface area contributed by atoms with Gasteiger partial charge in [-0.2, -0.15) is 0 Å². The second kappa shape index (κ2) is 7.01. The summed E-state index contributed by atoms with van der Waals surface area (Å²) in [4.78, 5) is 11.2. The Hall–Kier alpha value is -0.730. The summed E-state index contributed by atoms with van der Waals surface area (Å²) in [5.41, 5.74) is 0. The van der Waals surface area contributed by atoms with E-state index >= 15 is 0 Å². The van der Waals surface area contributed by atoms with E-state index in [9.17, 15) is 25.2 Å². The molecule has 0 amide bonds. The molecule has 0 aromatic rings. The average molecular weight is 264 g/mol. The second-order valence-electron chi connectivity index (χ2n) is 4.32. The van der Waals surface area contributed by atoms with Crippen LogP contribution < -0.4 is 0 Å². The smallest absolute Gasteiger partial charge is 0.305 e. The minimum Gasteiger partial charge on any atom is -0.463 e. The Morgan fingerprint density at radius 3 is 2.44 bits per heavy atom. The van der Waals surface area contributed by atoms with Crippen LogP contribution in [0.3, 0.4) is 0 Å². The Labute approximate surface area is 105 Å². The molecule has 7 heteroatoms. The van der Waals surface area contributed by atoms with Crippen LogP contribution >= 0.6 is 0 Å². The fourth-order valence-electron chi connectivity index (χ4n) is 1.64. The molecule has 0 bridgehead atoms. The number of aliphatic hydroxyl groups is 4. The molecule has 4 N–H and O–H groups in total. The number of esters is 1. The first-order valence-electron chi connectivity index (χ1n) is 6.00. The number of carbonyl (C=O) groups excluding carboxylic acids is 1. The summed E-state index contributed by atoms with van der Waals surface area (Å²) < 4.78 is 9.71. The number of carbonyl (C=O) groups is 1. The highest BCUT2D eigenvalue weighted by Crippen LogP contribution is 2.20. The van der Waals surface area contributed by atoms with Gasteiger partial charge in [0.1, 0.15) is 31.0 Å². The zero-order chi connectivity index (χ0) is 13.7. The minimum atomic E-state index is -1.61. The van der Waals surface area contributed by atoms with Crippen molar-refractivity contribution in [3.05, 3.63) is 0 Å². The van der Waals surface area contributed by atoms with Gasteiger partial charge in [0, 0.05) is 6.42 Å². The fraction of sp³-hybridized carbons (Fsp3) is 0.909. The van der Waals surface area contributed by atoms with E-state index in [2.05, 4.69) is 0 Å². The first-order chi connectivity index (χ1) is 8.47. The summed E-state index contributed by atoms with van der Waals surface area (Å²) in [6, 6.07) is 0. The third-order valence-corrected chi connectivity index (χ3v) is 2.83. The van der Waals surface area contributed by atoms with E-state index in [1.165, 1.54) is 0 Å². The second-order valence-corrected chi connectivity index (χ2v) is 4.32. The number of aliphatic hydroxyl groups excluding tert-OH is 4. The van der Waals surface area contributed by atoms with Gasteiger partial charge in [0.2, 0.25) is 0 Å². The lowest BCUT2D eigenvalue weighted by molar-refractivity contribution is -0.287. The van der Waals surface area contributed by atoms with Crippen LogP contribution in [0.25, 0.3) is 0 Å². The number of rotatable bonds is 5. The van der Waals surface area contributed by atoms with Gasteiger partial charge in [-0.15, -0.1) is 0 Å². The number of unbranched alkanes of at least 4 members (excludes halogenated alkanes) is 1. The molecular formula is C11H20O7. The van der Waals surface area contributed by atoms with Crippen molar-refractivity contribution in [2.75, 3.05) is 6.61 Å². The topological polar surface area (TPSA) is 116 Å². The highest BCUT2D eigenvalue weighted by atomic mass is 16.6. The van der Waals surface area contributed by atoms with Gasteiger partial charge in [0.25, 0.3) is 0 Å². The molecule has 5 unspecified atom stereocenters. The van der Waals surface area contributed by atoms with Gasteiger partial charge in [-0.05, 0) is 6.42 Å². The summed E-state index contributed by atoms with van der Waals surface area (Å²) in [5.74, 6) is -0.428. The van der Waals surface area contributed by atoms with Gasteiger partial charge in [-0.25, -0.2) is 0 Å². The maximum absolute atomic E-state index is 11.2. The molecule has 1 rings (SSSR count). The van der Waals surface area contributed by atoms with Crippen molar-refractivity contribution >= 4 is 5.97 Å². The van der Waals surface area contributed by atoms with E-state index in [4.69, 9.17) is 9.47 Å². The predicted octanol–water partition coefficient (Wildman–Crippen LogP) is -1.48. The lowest BCUT2D eigenvalue weighted by Gasteiger charge is -2.37. The van der Waals surface area contributed by atoms with Crippen LogP contribution in [-0.4, -0.2) is 63.7 Å². The van der Waals surface area contributed by atoms with Crippen molar-refractivity contribution in [2.45, 2.75) is 56.9 Å². The fourth-order valence-corrected chi connectivity index (χ4v) is 1.64. The molecule has 1 aliphatic rings. The molecule has 0 radical (unpaired) electrons. The zero-order valence-corrected chi connectivity index (χ0v) is 10.2. The first-order valence-corrected chi connectivity index (χ1v) is 6.00. The summed E-state index contributed by atoms with van der Waals surface area (Å²) >= 11 is 0. The van der Waals surface area contributed by atoms with E-state index in [1.54, 1.807) is 0 Å². The monoisotopic (exact) mass is 264 g/mol. The maximum Gasteiger partial charge on any atom is 0.305 e. The molecule has 1 aliphatic heterocycles. The van der Waals surface area contributed by atoms with E-state index in [1.807, 2.05) is 6.92 Å². The summed E-state index contributed by atoms with van der Waals surface area (Å²) in [6.45, 7) is 1.67. The number of hydrogen-bond acceptors (Lipinski definition) is 7. The first kappa shape index (κ1) is 15.3. The van der Waals surface area contributed by atoms with Crippen molar-refractivity contribution in [1.82, 2.24) is 0 Å². The molecule has 0 aliphatic carbocycles. The summed E-state index contributed by atoms with van der Waals surface area (Å²) in [7, 11) is 0. The van der Waals surface area contributed by atoms with Gasteiger partial charge in [0.05, 0.1) is 0 Å². The highest BCUT2D eigenvalue weighted by molar-refractivity contribution is 5.69. The molecule has 0 aromatic heterocycles. The van der Waals surface area contributed by atoms with Crippen LogP contribution in [0, 0.1) is 0 Å². The van der Waals surface area contributed by atoms with Gasteiger partial charge in [-0.3, -0.25) is 4.79 Å². The molecule has 0 saturated carbocycles. The zero-order valence-electron chi connectivity index (χ0n) is 10.2. The standard InChI is InChI=1S/C11H20O7/c1-2-3-4-7(12)17-5-6-8(13)9(14)10(15)11(16)18-6/h6,8-11,13-16H,2-5H2,1H3. The van der Waals surface area contributed by atoms with Gasteiger partial charge >= 0.3 is 5.97 Å². The van der Waals surface area contributed by atoms with Crippen molar-refractivity contribution in [2.24, 2.45) is 0 Å². The van der Waals surface area contributed by atoms with Crippen molar-refractivity contribution in [3.8, 4) is 0 Å². The Morgan fingerprint density at radius 2 is 1.83 bits per heavy atom. The predicted molar refractivity (Wildman–Crippen MR) is 59.4 cm³/mol. The molecule has 1 heterocycles. The largest absolute Gasteiger partial charge is 0.463 e. The van der Waals surface area contributed by atoms with Crippen LogP contribution in [0.4, 0.5) is 0 Å². The Balaban J connectivity index is 2.39. The third kappa shape index (κ3) is 3.89. The third-order valence-electron chi connectivity index (χ3n) is 2.83. The van der Waals surface area contributed by atoms with Crippen molar-refractivity contribution < 1.29 is 34.7 Å². The van der Waals surface area contributed by atoms with Crippen molar-refractivity contribution in [1.29, 1.82) is 0 Å². The molecule has 1 fully saturated rings.